The molecule has 0 bridgehead atoms. The van der Waals surface area contributed by atoms with E-state index in [2.05, 4.69) is 10.6 Å². The molecule has 1 aromatic heterocycles. The van der Waals surface area contributed by atoms with Crippen molar-refractivity contribution in [1.82, 2.24) is 10.2 Å². The maximum atomic E-state index is 12.6. The van der Waals surface area contributed by atoms with Gasteiger partial charge in [-0.1, -0.05) is 11.6 Å². The number of benzene rings is 1. The zero-order valence-electron chi connectivity index (χ0n) is 16.4. The number of likely N-dealkylation sites (tertiary alicyclic amines) is 1. The van der Waals surface area contributed by atoms with Gasteiger partial charge in [-0.2, -0.15) is 0 Å². The molecule has 3 rings (SSSR count). The molecule has 1 aliphatic rings. The predicted molar refractivity (Wildman–Crippen MR) is 108 cm³/mol. The minimum atomic E-state index is -0.350. The molecule has 1 aromatic carbocycles. The highest BCUT2D eigenvalue weighted by atomic mass is 35.5. The molecule has 29 heavy (non-hydrogen) atoms. The third-order valence-corrected chi connectivity index (χ3v) is 5.07. The van der Waals surface area contributed by atoms with Crippen LogP contribution in [0.2, 0.25) is 5.02 Å². The Labute approximate surface area is 174 Å². The highest BCUT2D eigenvalue weighted by Gasteiger charge is 2.32. The molecule has 0 radical (unpaired) electrons. The largest absolute Gasteiger partial charge is 0.495 e. The number of halogens is 1. The lowest BCUT2D eigenvalue weighted by Crippen LogP contribution is -2.45. The molecule has 2 N–H and O–H groups in total. The average molecular weight is 422 g/mol. The molecule has 1 atom stereocenters. The monoisotopic (exact) mass is 421 g/mol. The number of amides is 2. The zero-order chi connectivity index (χ0) is 20.8. The van der Waals surface area contributed by atoms with Gasteiger partial charge in [0.15, 0.2) is 0 Å². The fraction of sp³-hybridized carbons (Fsp3) is 0.400. The second-order valence-corrected chi connectivity index (χ2v) is 7.07. The van der Waals surface area contributed by atoms with Crippen molar-refractivity contribution in [3.05, 3.63) is 41.3 Å². The number of nitrogens with one attached hydrogen (secondary N) is 2. The fourth-order valence-electron chi connectivity index (χ4n) is 3.35. The van der Waals surface area contributed by atoms with Gasteiger partial charge in [0.1, 0.15) is 17.3 Å². The fourth-order valence-corrected chi connectivity index (χ4v) is 3.59. The van der Waals surface area contributed by atoms with E-state index in [1.165, 1.54) is 14.2 Å². The normalized spacial score (nSPS) is 16.4. The van der Waals surface area contributed by atoms with Gasteiger partial charge in [0, 0.05) is 6.07 Å². The molecule has 0 aliphatic carbocycles. The van der Waals surface area contributed by atoms with Crippen LogP contribution in [0, 0.1) is 0 Å². The lowest BCUT2D eigenvalue weighted by Gasteiger charge is -2.23. The van der Waals surface area contributed by atoms with Gasteiger partial charge in [0.25, 0.3) is 0 Å². The number of hydrogen-bond acceptors (Lipinski definition) is 6. The Morgan fingerprint density at radius 2 is 2.07 bits per heavy atom. The second-order valence-electron chi connectivity index (χ2n) is 6.66. The van der Waals surface area contributed by atoms with Crippen LogP contribution < -0.4 is 20.1 Å². The number of ether oxygens (including phenoxy) is 2. The van der Waals surface area contributed by atoms with Crippen LogP contribution in [0.5, 0.6) is 11.5 Å². The molecule has 1 aliphatic heterocycles. The molecule has 0 spiro atoms. The van der Waals surface area contributed by atoms with Crippen LogP contribution >= 0.6 is 11.6 Å². The third kappa shape index (κ3) is 5.21. The van der Waals surface area contributed by atoms with E-state index in [-0.39, 0.29) is 24.4 Å². The second kappa shape index (κ2) is 9.67. The Morgan fingerprint density at radius 3 is 2.76 bits per heavy atom. The molecule has 9 heteroatoms. The standard InChI is InChI=1S/C20H24ClN3O5/c1-27-17-10-18(28-2)15(9-14(17)21)23-19(25)12-24-7-3-6-16(24)20(26)22-11-13-5-4-8-29-13/h4-5,8-10,16H,3,6-7,11-12H2,1-2H3,(H,22,26)(H,23,25)/t16-/m1/s1. The lowest BCUT2D eigenvalue weighted by molar-refractivity contribution is -0.126. The van der Waals surface area contributed by atoms with Crippen molar-refractivity contribution in [1.29, 1.82) is 0 Å². The van der Waals surface area contributed by atoms with Crippen molar-refractivity contribution in [2.45, 2.75) is 25.4 Å². The van der Waals surface area contributed by atoms with Gasteiger partial charge < -0.3 is 24.5 Å². The van der Waals surface area contributed by atoms with Crippen LogP contribution in [0.3, 0.4) is 0 Å². The summed E-state index contributed by atoms with van der Waals surface area (Å²) in [5.41, 5.74) is 0.446. The Hall–Kier alpha value is -2.71. The van der Waals surface area contributed by atoms with Gasteiger partial charge in [-0.25, -0.2) is 0 Å². The predicted octanol–water partition coefficient (Wildman–Crippen LogP) is 2.67. The molecule has 1 fully saturated rings. The summed E-state index contributed by atoms with van der Waals surface area (Å²) in [5.74, 6) is 1.21. The van der Waals surface area contributed by atoms with Gasteiger partial charge >= 0.3 is 0 Å². The molecule has 8 nitrogen and oxygen atoms in total. The summed E-state index contributed by atoms with van der Waals surface area (Å²) in [5, 5.41) is 6.02. The Balaban J connectivity index is 1.59. The maximum absolute atomic E-state index is 12.6. The Morgan fingerprint density at radius 1 is 1.28 bits per heavy atom. The first-order chi connectivity index (χ1) is 14.0. The summed E-state index contributed by atoms with van der Waals surface area (Å²) in [4.78, 5) is 27.0. The summed E-state index contributed by atoms with van der Waals surface area (Å²) < 4.78 is 15.7. The number of furan rings is 1. The van der Waals surface area contributed by atoms with Crippen molar-refractivity contribution < 1.29 is 23.5 Å². The number of hydrogen-bond donors (Lipinski definition) is 2. The summed E-state index contributed by atoms with van der Waals surface area (Å²) in [7, 11) is 3.00. The summed E-state index contributed by atoms with van der Waals surface area (Å²) in [6, 6.07) is 6.41. The molecule has 0 unspecified atom stereocenters. The van der Waals surface area contributed by atoms with Gasteiger partial charge in [-0.05, 0) is 37.6 Å². The topological polar surface area (TPSA) is 93.0 Å². The quantitative estimate of drug-likeness (QED) is 0.680. The number of methoxy groups -OCH3 is 2. The van der Waals surface area contributed by atoms with E-state index in [9.17, 15) is 9.59 Å². The van der Waals surface area contributed by atoms with E-state index in [4.69, 9.17) is 25.5 Å². The van der Waals surface area contributed by atoms with E-state index in [1.54, 1.807) is 30.5 Å². The van der Waals surface area contributed by atoms with Crippen LogP contribution in [-0.4, -0.2) is 50.1 Å². The molecule has 2 amide bonds. The smallest absolute Gasteiger partial charge is 0.238 e. The number of nitrogens with zero attached hydrogens (tertiary/aromatic N) is 1. The third-order valence-electron chi connectivity index (χ3n) is 4.78. The first-order valence-electron chi connectivity index (χ1n) is 9.27. The maximum Gasteiger partial charge on any atom is 0.238 e. The van der Waals surface area contributed by atoms with Gasteiger partial charge in [-0.3, -0.25) is 14.5 Å². The van der Waals surface area contributed by atoms with Gasteiger partial charge in [-0.15, -0.1) is 0 Å². The Kier molecular flexibility index (Phi) is 7.00. The SMILES string of the molecule is COc1cc(OC)c(NC(=O)CN2CCC[C@@H]2C(=O)NCc2ccco2)cc1Cl. The number of rotatable bonds is 8. The molecule has 2 heterocycles. The average Bonchev–Trinajstić information content (AvgIpc) is 3.38. The van der Waals surface area contributed by atoms with Crippen molar-refractivity contribution in [2.75, 3.05) is 32.6 Å². The summed E-state index contributed by atoms with van der Waals surface area (Å²) in [6.07, 6.45) is 3.12. The first-order valence-corrected chi connectivity index (χ1v) is 9.65. The van der Waals surface area contributed by atoms with Crippen LogP contribution in [0.4, 0.5) is 5.69 Å². The number of carbonyl (C=O) groups excluding carboxylic acids is 2. The van der Waals surface area contributed by atoms with Gasteiger partial charge in [0.2, 0.25) is 11.8 Å². The number of carbonyl (C=O) groups is 2. The zero-order valence-corrected chi connectivity index (χ0v) is 17.1. The van der Waals surface area contributed by atoms with E-state index in [0.29, 0.717) is 47.5 Å². The van der Waals surface area contributed by atoms with Crippen LogP contribution in [0.1, 0.15) is 18.6 Å². The molecule has 156 valence electrons. The molecular formula is C20H24ClN3O5. The van der Waals surface area contributed by atoms with Crippen LogP contribution in [0.25, 0.3) is 0 Å². The minimum Gasteiger partial charge on any atom is -0.495 e. The minimum absolute atomic E-state index is 0.0889. The van der Waals surface area contributed by atoms with Crippen LogP contribution in [0.15, 0.2) is 34.9 Å². The van der Waals surface area contributed by atoms with E-state index < -0.39 is 0 Å². The molecular weight excluding hydrogens is 398 g/mol. The van der Waals surface area contributed by atoms with E-state index in [1.807, 2.05) is 4.90 Å². The molecule has 0 saturated carbocycles. The van der Waals surface area contributed by atoms with Crippen molar-refractivity contribution >= 4 is 29.1 Å². The summed E-state index contributed by atoms with van der Waals surface area (Å²) in [6.45, 7) is 1.09. The van der Waals surface area contributed by atoms with E-state index >= 15 is 0 Å². The van der Waals surface area contributed by atoms with Crippen molar-refractivity contribution in [2.24, 2.45) is 0 Å². The number of anilines is 1. The highest BCUT2D eigenvalue weighted by Crippen LogP contribution is 2.35. The molecule has 1 saturated heterocycles. The Bertz CT molecular complexity index is 856. The lowest BCUT2D eigenvalue weighted by atomic mass is 10.2. The highest BCUT2D eigenvalue weighted by molar-refractivity contribution is 6.32. The summed E-state index contributed by atoms with van der Waals surface area (Å²) >= 11 is 6.15. The molecule has 2 aromatic rings. The van der Waals surface area contributed by atoms with Crippen molar-refractivity contribution in [3.8, 4) is 11.5 Å². The first kappa shape index (κ1) is 21.0. The van der Waals surface area contributed by atoms with E-state index in [0.717, 1.165) is 6.42 Å². The van der Waals surface area contributed by atoms with Crippen molar-refractivity contribution in [3.63, 3.8) is 0 Å². The van der Waals surface area contributed by atoms with Gasteiger partial charge in [0.05, 0.1) is 50.3 Å². The van der Waals surface area contributed by atoms with Crippen LogP contribution in [-0.2, 0) is 16.1 Å².